The summed E-state index contributed by atoms with van der Waals surface area (Å²) in [6.45, 7) is 1.81. The fraction of sp³-hybridized carbons (Fsp3) is 0.118. The Bertz CT molecular complexity index is 867. The number of nitrogens with one attached hydrogen (secondary N) is 2. The van der Waals surface area contributed by atoms with E-state index in [2.05, 4.69) is 15.6 Å². The van der Waals surface area contributed by atoms with Crippen LogP contribution in [0.3, 0.4) is 0 Å². The number of furan rings is 1. The van der Waals surface area contributed by atoms with Crippen molar-refractivity contribution < 1.29 is 14.0 Å². The Labute approximate surface area is 142 Å². The van der Waals surface area contributed by atoms with Gasteiger partial charge in [0.05, 0.1) is 12.0 Å². The van der Waals surface area contributed by atoms with Gasteiger partial charge < -0.3 is 15.1 Å². The number of carbonyl (C=O) groups is 2. The molecule has 0 spiro atoms. The summed E-state index contributed by atoms with van der Waals surface area (Å²) in [5.74, 6) is -0.192. The first-order valence-corrected chi connectivity index (χ1v) is 8.05. The normalized spacial score (nSPS) is 10.4. The zero-order chi connectivity index (χ0) is 17.1. The van der Waals surface area contributed by atoms with Crippen molar-refractivity contribution in [3.63, 3.8) is 0 Å². The third-order valence-corrected chi connectivity index (χ3v) is 4.57. The lowest BCUT2D eigenvalue weighted by atomic mass is 10.2. The molecule has 0 aliphatic heterocycles. The minimum Gasteiger partial charge on any atom is -0.459 e. The molecule has 2 aromatic heterocycles. The highest BCUT2D eigenvalue weighted by Crippen LogP contribution is 2.28. The maximum Gasteiger partial charge on any atom is 0.291 e. The van der Waals surface area contributed by atoms with Gasteiger partial charge in [0.2, 0.25) is 0 Å². The van der Waals surface area contributed by atoms with Gasteiger partial charge in [-0.05, 0) is 43.3 Å². The average Bonchev–Trinajstić information content (AvgIpc) is 3.24. The predicted octanol–water partition coefficient (Wildman–Crippen LogP) is 3.32. The summed E-state index contributed by atoms with van der Waals surface area (Å²) in [4.78, 5) is 28.7. The number of amides is 2. The average molecular weight is 341 g/mol. The molecule has 6 nitrogen and oxygen atoms in total. The van der Waals surface area contributed by atoms with E-state index in [1.54, 1.807) is 31.3 Å². The Morgan fingerprint density at radius 1 is 1.12 bits per heavy atom. The Balaban J connectivity index is 1.77. The molecule has 24 heavy (non-hydrogen) atoms. The van der Waals surface area contributed by atoms with Crippen LogP contribution < -0.4 is 10.6 Å². The fourth-order valence-corrected chi connectivity index (χ4v) is 3.16. The number of carbonyl (C=O) groups excluding carboxylic acids is 2. The minimum absolute atomic E-state index is 0.140. The second kappa shape index (κ2) is 6.67. The molecule has 0 saturated carbocycles. The second-order valence-corrected chi connectivity index (χ2v) is 6.02. The van der Waals surface area contributed by atoms with Crippen molar-refractivity contribution in [2.24, 2.45) is 0 Å². The van der Waals surface area contributed by atoms with Crippen LogP contribution >= 0.6 is 11.3 Å². The lowest BCUT2D eigenvalue weighted by molar-refractivity contribution is 0.0964. The number of hydrogen-bond acceptors (Lipinski definition) is 5. The SMILES string of the molecule is CNC(=O)c1sc(-c2ccc(NC(=O)c3ccco3)cc2)nc1C. The number of aryl methyl sites for hydroxylation is 1. The number of nitrogens with zero attached hydrogens (tertiary/aromatic N) is 1. The molecule has 2 amide bonds. The van der Waals surface area contributed by atoms with Gasteiger partial charge in [-0.15, -0.1) is 11.3 Å². The third kappa shape index (κ3) is 3.21. The van der Waals surface area contributed by atoms with E-state index in [-0.39, 0.29) is 17.6 Å². The topological polar surface area (TPSA) is 84.2 Å². The highest BCUT2D eigenvalue weighted by Gasteiger charge is 2.15. The first kappa shape index (κ1) is 15.9. The van der Waals surface area contributed by atoms with E-state index in [0.717, 1.165) is 10.6 Å². The van der Waals surface area contributed by atoms with Crippen molar-refractivity contribution in [3.8, 4) is 10.6 Å². The molecular weight excluding hydrogens is 326 g/mol. The molecule has 2 N–H and O–H groups in total. The predicted molar refractivity (Wildman–Crippen MR) is 92.3 cm³/mol. The molecule has 0 unspecified atom stereocenters. The smallest absolute Gasteiger partial charge is 0.291 e. The second-order valence-electron chi connectivity index (χ2n) is 5.02. The van der Waals surface area contributed by atoms with Crippen LogP contribution in [0.15, 0.2) is 47.1 Å². The molecule has 3 rings (SSSR count). The summed E-state index contributed by atoms with van der Waals surface area (Å²) in [6, 6.07) is 10.5. The molecule has 0 aliphatic carbocycles. The standard InChI is InChI=1S/C17H15N3O3S/c1-10-14(16(22)18-2)24-17(19-10)11-5-7-12(8-6-11)20-15(21)13-4-3-9-23-13/h3-9H,1-2H3,(H,18,22)(H,20,21). The van der Waals surface area contributed by atoms with Gasteiger partial charge in [0, 0.05) is 18.3 Å². The van der Waals surface area contributed by atoms with Crippen LogP contribution in [0.5, 0.6) is 0 Å². The Hall–Kier alpha value is -2.93. The van der Waals surface area contributed by atoms with E-state index < -0.39 is 0 Å². The Morgan fingerprint density at radius 2 is 1.88 bits per heavy atom. The van der Waals surface area contributed by atoms with Crippen LogP contribution in [0.25, 0.3) is 10.6 Å². The number of rotatable bonds is 4. The Kier molecular flexibility index (Phi) is 4.43. The number of aromatic nitrogens is 1. The van der Waals surface area contributed by atoms with E-state index >= 15 is 0 Å². The fourth-order valence-electron chi connectivity index (χ4n) is 2.14. The molecule has 0 fully saturated rings. The molecule has 0 saturated heterocycles. The van der Waals surface area contributed by atoms with Crippen LogP contribution in [0, 0.1) is 6.92 Å². The van der Waals surface area contributed by atoms with Crippen molar-refractivity contribution >= 4 is 28.8 Å². The summed E-state index contributed by atoms with van der Waals surface area (Å²) in [5.41, 5.74) is 2.23. The van der Waals surface area contributed by atoms with E-state index in [9.17, 15) is 9.59 Å². The first-order chi connectivity index (χ1) is 11.6. The molecule has 0 bridgehead atoms. The summed E-state index contributed by atoms with van der Waals surface area (Å²) in [5, 5.41) is 6.12. The molecule has 122 valence electrons. The van der Waals surface area contributed by atoms with E-state index in [1.165, 1.54) is 17.6 Å². The lowest BCUT2D eigenvalue weighted by Gasteiger charge is -2.04. The van der Waals surface area contributed by atoms with Crippen LogP contribution in [0.4, 0.5) is 5.69 Å². The zero-order valence-corrected chi connectivity index (χ0v) is 13.9. The maximum atomic E-state index is 11.9. The van der Waals surface area contributed by atoms with E-state index in [4.69, 9.17) is 4.42 Å². The van der Waals surface area contributed by atoms with Gasteiger partial charge in [-0.3, -0.25) is 9.59 Å². The highest BCUT2D eigenvalue weighted by atomic mass is 32.1. The van der Waals surface area contributed by atoms with E-state index in [0.29, 0.717) is 16.3 Å². The molecule has 0 aliphatic rings. The summed E-state index contributed by atoms with van der Waals surface area (Å²) in [7, 11) is 1.59. The largest absolute Gasteiger partial charge is 0.459 e. The van der Waals surface area contributed by atoms with Crippen molar-refractivity contribution in [2.75, 3.05) is 12.4 Å². The molecule has 0 radical (unpaired) electrons. The van der Waals surface area contributed by atoms with Gasteiger partial charge in [-0.25, -0.2) is 4.98 Å². The highest BCUT2D eigenvalue weighted by molar-refractivity contribution is 7.17. The summed E-state index contributed by atoms with van der Waals surface area (Å²) < 4.78 is 5.05. The van der Waals surface area contributed by atoms with Crippen molar-refractivity contribution in [1.29, 1.82) is 0 Å². The van der Waals surface area contributed by atoms with Crippen molar-refractivity contribution in [1.82, 2.24) is 10.3 Å². The molecule has 0 atom stereocenters. The van der Waals surface area contributed by atoms with Gasteiger partial charge >= 0.3 is 0 Å². The number of hydrogen-bond donors (Lipinski definition) is 2. The summed E-state index contributed by atoms with van der Waals surface area (Å²) >= 11 is 1.34. The van der Waals surface area contributed by atoms with Crippen LogP contribution in [0.1, 0.15) is 25.9 Å². The van der Waals surface area contributed by atoms with Gasteiger partial charge in [0.1, 0.15) is 9.88 Å². The monoisotopic (exact) mass is 341 g/mol. The molecule has 3 aromatic rings. The zero-order valence-electron chi connectivity index (χ0n) is 13.1. The summed E-state index contributed by atoms with van der Waals surface area (Å²) in [6.07, 6.45) is 1.45. The van der Waals surface area contributed by atoms with E-state index in [1.807, 2.05) is 19.1 Å². The molecular formula is C17H15N3O3S. The molecule has 1 aromatic carbocycles. The first-order valence-electron chi connectivity index (χ1n) is 7.23. The minimum atomic E-state index is -0.306. The third-order valence-electron chi connectivity index (χ3n) is 3.36. The van der Waals surface area contributed by atoms with Crippen LogP contribution in [-0.2, 0) is 0 Å². The molecule has 2 heterocycles. The number of thiazole rings is 1. The quantitative estimate of drug-likeness (QED) is 0.762. The van der Waals surface area contributed by atoms with Crippen molar-refractivity contribution in [2.45, 2.75) is 6.92 Å². The molecule has 7 heteroatoms. The van der Waals surface area contributed by atoms with Gasteiger partial charge in [-0.2, -0.15) is 0 Å². The van der Waals surface area contributed by atoms with Crippen LogP contribution in [-0.4, -0.2) is 23.8 Å². The van der Waals surface area contributed by atoms with Gasteiger partial charge in [0.15, 0.2) is 5.76 Å². The number of anilines is 1. The number of benzene rings is 1. The Morgan fingerprint density at radius 3 is 2.50 bits per heavy atom. The maximum absolute atomic E-state index is 11.9. The van der Waals surface area contributed by atoms with Gasteiger partial charge in [-0.1, -0.05) is 0 Å². The van der Waals surface area contributed by atoms with Crippen LogP contribution in [0.2, 0.25) is 0 Å². The van der Waals surface area contributed by atoms with Crippen molar-refractivity contribution in [3.05, 3.63) is 59.0 Å². The van der Waals surface area contributed by atoms with Gasteiger partial charge in [0.25, 0.3) is 11.8 Å². The lowest BCUT2D eigenvalue weighted by Crippen LogP contribution is -2.17.